The van der Waals surface area contributed by atoms with Crippen LogP contribution in [0.25, 0.3) is 105 Å². The van der Waals surface area contributed by atoms with E-state index in [1.807, 2.05) is 36.4 Å². The third-order valence-corrected chi connectivity index (χ3v) is 10.2. The zero-order valence-corrected chi connectivity index (χ0v) is 27.4. The summed E-state index contributed by atoms with van der Waals surface area (Å²) in [5, 5.41) is 6.95. The van der Waals surface area contributed by atoms with Gasteiger partial charge in [0.1, 0.15) is 16.7 Å². The van der Waals surface area contributed by atoms with Gasteiger partial charge >= 0.3 is 0 Å². The molecule has 4 nitrogen and oxygen atoms in total. The SMILES string of the molecule is c1ccc(-c2cc3oc(-c4ccc(-c5ccc6c(c5)c5cc7ccccc7cc5n6-c5ccccc5)cc4)nc3c3c2oc2ccccc23)cc1. The Labute approximate surface area is 292 Å². The van der Waals surface area contributed by atoms with Gasteiger partial charge in [0.15, 0.2) is 5.58 Å². The predicted octanol–water partition coefficient (Wildman–Crippen LogP) is 13.0. The smallest absolute Gasteiger partial charge is 0.227 e. The molecule has 0 aliphatic heterocycles. The first-order valence-corrected chi connectivity index (χ1v) is 17.2. The van der Waals surface area contributed by atoms with Gasteiger partial charge in [-0.3, -0.25) is 0 Å². The third kappa shape index (κ3) is 4.30. The molecule has 0 unspecified atom stereocenters. The van der Waals surface area contributed by atoms with Crippen LogP contribution in [0.3, 0.4) is 0 Å². The molecule has 8 aromatic carbocycles. The van der Waals surface area contributed by atoms with Crippen molar-refractivity contribution >= 4 is 65.6 Å². The van der Waals surface area contributed by atoms with Gasteiger partial charge in [-0.25, -0.2) is 4.98 Å². The van der Waals surface area contributed by atoms with Crippen LogP contribution in [0.5, 0.6) is 0 Å². The van der Waals surface area contributed by atoms with E-state index in [9.17, 15) is 0 Å². The largest absolute Gasteiger partial charge is 0.455 e. The molecule has 0 saturated carbocycles. The second kappa shape index (κ2) is 10.8. The fraction of sp³-hybridized carbons (Fsp3) is 0. The third-order valence-electron chi connectivity index (χ3n) is 10.2. The number of benzene rings is 8. The van der Waals surface area contributed by atoms with Crippen LogP contribution in [0.4, 0.5) is 0 Å². The Morgan fingerprint density at radius 3 is 1.92 bits per heavy atom. The van der Waals surface area contributed by atoms with E-state index >= 15 is 0 Å². The van der Waals surface area contributed by atoms with Crippen LogP contribution in [0, 0.1) is 0 Å². The van der Waals surface area contributed by atoms with E-state index < -0.39 is 0 Å². The molecule has 0 radical (unpaired) electrons. The van der Waals surface area contributed by atoms with E-state index in [4.69, 9.17) is 13.8 Å². The highest BCUT2D eigenvalue weighted by Gasteiger charge is 2.21. The number of fused-ring (bicyclic) bond motifs is 9. The summed E-state index contributed by atoms with van der Waals surface area (Å²) in [6.07, 6.45) is 0. The summed E-state index contributed by atoms with van der Waals surface area (Å²) in [5.41, 5.74) is 12.0. The van der Waals surface area contributed by atoms with Crippen LogP contribution in [-0.2, 0) is 0 Å². The van der Waals surface area contributed by atoms with Gasteiger partial charge in [-0.15, -0.1) is 0 Å². The molecule has 3 aromatic heterocycles. The van der Waals surface area contributed by atoms with Crippen molar-refractivity contribution in [3.63, 3.8) is 0 Å². The highest BCUT2D eigenvalue weighted by atomic mass is 16.4. The van der Waals surface area contributed by atoms with E-state index in [2.05, 4.69) is 138 Å². The van der Waals surface area contributed by atoms with Crippen LogP contribution >= 0.6 is 0 Å². The van der Waals surface area contributed by atoms with Crippen molar-refractivity contribution in [3.05, 3.63) is 170 Å². The van der Waals surface area contributed by atoms with E-state index in [0.717, 1.165) is 66.5 Å². The molecule has 0 fully saturated rings. The molecule has 0 amide bonds. The summed E-state index contributed by atoms with van der Waals surface area (Å²) >= 11 is 0. The van der Waals surface area contributed by atoms with Gasteiger partial charge in [0.2, 0.25) is 5.89 Å². The number of para-hydroxylation sites is 2. The Morgan fingerprint density at radius 2 is 1.10 bits per heavy atom. The van der Waals surface area contributed by atoms with Crippen molar-refractivity contribution in [3.8, 4) is 39.4 Å². The minimum absolute atomic E-state index is 0.585. The molecule has 0 atom stereocenters. The van der Waals surface area contributed by atoms with Gasteiger partial charge < -0.3 is 13.4 Å². The molecule has 11 aromatic rings. The Kier molecular flexibility index (Phi) is 5.92. The van der Waals surface area contributed by atoms with E-state index in [0.29, 0.717) is 5.89 Å². The first kappa shape index (κ1) is 28.0. The zero-order chi connectivity index (χ0) is 33.5. The highest BCUT2D eigenvalue weighted by molar-refractivity contribution is 6.21. The molecular formula is C47H28N2O2. The minimum atomic E-state index is 0.585. The van der Waals surface area contributed by atoms with Crippen molar-refractivity contribution in [2.45, 2.75) is 0 Å². The number of rotatable bonds is 4. The fourth-order valence-corrected chi connectivity index (χ4v) is 7.78. The average Bonchev–Trinajstić information content (AvgIpc) is 3.89. The number of nitrogens with zero attached hydrogens (tertiary/aromatic N) is 2. The molecular weight excluding hydrogens is 625 g/mol. The topological polar surface area (TPSA) is 44.1 Å². The van der Waals surface area contributed by atoms with Gasteiger partial charge in [-0.2, -0.15) is 0 Å². The monoisotopic (exact) mass is 652 g/mol. The molecule has 0 saturated heterocycles. The maximum Gasteiger partial charge on any atom is 0.227 e. The van der Waals surface area contributed by atoms with Crippen LogP contribution < -0.4 is 0 Å². The van der Waals surface area contributed by atoms with Crippen molar-refractivity contribution < 1.29 is 8.83 Å². The molecule has 0 N–H and O–H groups in total. The standard InChI is InChI=1S/C47H28N2O2/c1-3-11-30(12-4-1)37-28-43-45(44-36-17-9-10-18-42(36)50-46(37)44)48-47(51-43)31-21-19-29(20-22-31)34-23-24-40-38(26-34)39-25-32-13-7-8-14-33(32)27-41(39)49(40)35-15-5-2-6-16-35/h1-28H. The number of oxazole rings is 1. The van der Waals surface area contributed by atoms with Crippen molar-refractivity contribution in [1.29, 1.82) is 0 Å². The zero-order valence-electron chi connectivity index (χ0n) is 27.4. The van der Waals surface area contributed by atoms with Crippen LogP contribution in [0.1, 0.15) is 0 Å². The minimum Gasteiger partial charge on any atom is -0.455 e. The lowest BCUT2D eigenvalue weighted by Gasteiger charge is -2.08. The van der Waals surface area contributed by atoms with Crippen molar-refractivity contribution in [1.82, 2.24) is 9.55 Å². The average molecular weight is 653 g/mol. The van der Waals surface area contributed by atoms with Gasteiger partial charge in [-0.05, 0) is 88.1 Å². The Bertz CT molecular complexity index is 3110. The molecule has 3 heterocycles. The van der Waals surface area contributed by atoms with Crippen LogP contribution in [0.2, 0.25) is 0 Å². The predicted molar refractivity (Wildman–Crippen MR) is 209 cm³/mol. The molecule has 0 bridgehead atoms. The fourth-order valence-electron chi connectivity index (χ4n) is 7.78. The Morgan fingerprint density at radius 1 is 0.431 bits per heavy atom. The molecule has 0 spiro atoms. The summed E-state index contributed by atoms with van der Waals surface area (Å²) in [5.74, 6) is 0.585. The number of furan rings is 1. The first-order chi connectivity index (χ1) is 25.3. The summed E-state index contributed by atoms with van der Waals surface area (Å²) < 4.78 is 15.3. The molecule has 11 rings (SSSR count). The molecule has 238 valence electrons. The summed E-state index contributed by atoms with van der Waals surface area (Å²) in [7, 11) is 0. The molecule has 51 heavy (non-hydrogen) atoms. The lowest BCUT2D eigenvalue weighted by molar-refractivity contribution is 0.619. The van der Waals surface area contributed by atoms with Gasteiger partial charge in [-0.1, -0.05) is 109 Å². The lowest BCUT2D eigenvalue weighted by atomic mass is 10.0. The van der Waals surface area contributed by atoms with Crippen LogP contribution in [0.15, 0.2) is 179 Å². The number of hydrogen-bond acceptors (Lipinski definition) is 3. The maximum absolute atomic E-state index is 6.52. The van der Waals surface area contributed by atoms with Gasteiger partial charge in [0, 0.05) is 33.0 Å². The quantitative estimate of drug-likeness (QED) is 0.190. The Hall–Kier alpha value is -6.91. The summed E-state index contributed by atoms with van der Waals surface area (Å²) in [4.78, 5) is 5.07. The van der Waals surface area contributed by atoms with Crippen LogP contribution in [-0.4, -0.2) is 9.55 Å². The normalized spacial score (nSPS) is 11.9. The Balaban J connectivity index is 1.04. The van der Waals surface area contributed by atoms with E-state index in [-0.39, 0.29) is 0 Å². The molecule has 0 aliphatic rings. The second-order valence-electron chi connectivity index (χ2n) is 13.2. The maximum atomic E-state index is 6.52. The van der Waals surface area contributed by atoms with Crippen molar-refractivity contribution in [2.24, 2.45) is 0 Å². The van der Waals surface area contributed by atoms with Gasteiger partial charge in [0.25, 0.3) is 0 Å². The second-order valence-corrected chi connectivity index (χ2v) is 13.2. The van der Waals surface area contributed by atoms with Crippen molar-refractivity contribution in [2.75, 3.05) is 0 Å². The molecule has 0 aliphatic carbocycles. The number of hydrogen-bond donors (Lipinski definition) is 0. The van der Waals surface area contributed by atoms with E-state index in [1.165, 1.54) is 32.6 Å². The summed E-state index contributed by atoms with van der Waals surface area (Å²) in [6.45, 7) is 0. The van der Waals surface area contributed by atoms with Gasteiger partial charge in [0.05, 0.1) is 16.4 Å². The molecule has 4 heteroatoms. The lowest BCUT2D eigenvalue weighted by Crippen LogP contribution is -1.93. The van der Waals surface area contributed by atoms with E-state index in [1.54, 1.807) is 0 Å². The number of aromatic nitrogens is 2. The highest BCUT2D eigenvalue weighted by Crippen LogP contribution is 2.42. The first-order valence-electron chi connectivity index (χ1n) is 17.2. The summed E-state index contributed by atoms with van der Waals surface area (Å²) in [6, 6.07) is 59.7.